The lowest BCUT2D eigenvalue weighted by atomic mass is 10.1. The molecule has 3 heteroatoms. The van der Waals surface area contributed by atoms with E-state index in [4.69, 9.17) is 16.5 Å². The molecule has 0 aliphatic heterocycles. The largest absolute Gasteiger partial charge is 0.493 e. The number of benzene rings is 1. The molecule has 1 aromatic rings. The summed E-state index contributed by atoms with van der Waals surface area (Å²) in [5.74, 6) is 1.74. The monoisotopic (exact) mass is 239 g/mol. The van der Waals surface area contributed by atoms with Crippen LogP contribution in [0.15, 0.2) is 24.3 Å². The second-order valence-electron chi connectivity index (χ2n) is 4.40. The molecule has 1 saturated carbocycles. The van der Waals surface area contributed by atoms with Crippen LogP contribution in [-0.2, 0) is 0 Å². The lowest BCUT2D eigenvalue weighted by molar-refractivity contribution is 0.299. The molecule has 16 heavy (non-hydrogen) atoms. The highest BCUT2D eigenvalue weighted by Gasteiger charge is 2.21. The SMILES string of the molecule is CC[C@@H](NCl)c1cccc(OCC2CC2)c1. The third kappa shape index (κ3) is 3.13. The molecule has 0 saturated heterocycles. The molecule has 1 N–H and O–H groups in total. The van der Waals surface area contributed by atoms with Gasteiger partial charge in [0.2, 0.25) is 0 Å². The van der Waals surface area contributed by atoms with Crippen molar-refractivity contribution in [2.45, 2.75) is 32.2 Å². The minimum atomic E-state index is 0.200. The first-order valence-corrected chi connectivity index (χ1v) is 6.30. The van der Waals surface area contributed by atoms with E-state index in [1.54, 1.807) is 0 Å². The van der Waals surface area contributed by atoms with Crippen LogP contribution in [0.3, 0.4) is 0 Å². The molecule has 1 aromatic carbocycles. The molecule has 1 aliphatic rings. The summed E-state index contributed by atoms with van der Waals surface area (Å²) >= 11 is 5.70. The Kier molecular flexibility index (Phi) is 4.08. The molecule has 1 aliphatic carbocycles. The highest BCUT2D eigenvalue weighted by atomic mass is 35.5. The fourth-order valence-electron chi connectivity index (χ4n) is 1.70. The Morgan fingerprint density at radius 1 is 1.50 bits per heavy atom. The highest BCUT2D eigenvalue weighted by molar-refractivity contribution is 6.13. The number of nitrogens with one attached hydrogen (secondary N) is 1. The highest BCUT2D eigenvalue weighted by Crippen LogP contribution is 2.30. The van der Waals surface area contributed by atoms with Gasteiger partial charge in [-0.15, -0.1) is 0 Å². The summed E-state index contributed by atoms with van der Waals surface area (Å²) in [5.41, 5.74) is 1.19. The second-order valence-corrected chi connectivity index (χ2v) is 4.62. The zero-order valence-corrected chi connectivity index (χ0v) is 10.3. The van der Waals surface area contributed by atoms with Gasteiger partial charge in [0.1, 0.15) is 5.75 Å². The zero-order chi connectivity index (χ0) is 11.4. The van der Waals surface area contributed by atoms with Crippen LogP contribution in [0.4, 0.5) is 0 Å². The number of rotatable bonds is 6. The molecule has 0 aromatic heterocycles. The molecular weight excluding hydrogens is 222 g/mol. The van der Waals surface area contributed by atoms with Crippen LogP contribution in [0.25, 0.3) is 0 Å². The van der Waals surface area contributed by atoms with Crippen molar-refractivity contribution in [3.8, 4) is 5.75 Å². The summed E-state index contributed by atoms with van der Waals surface area (Å²) in [5, 5.41) is 0. The van der Waals surface area contributed by atoms with Crippen molar-refractivity contribution in [1.82, 2.24) is 4.84 Å². The maximum atomic E-state index is 5.74. The molecule has 1 fully saturated rings. The van der Waals surface area contributed by atoms with Gasteiger partial charge >= 0.3 is 0 Å². The Labute approximate surface area is 102 Å². The van der Waals surface area contributed by atoms with Crippen LogP contribution >= 0.6 is 11.8 Å². The van der Waals surface area contributed by atoms with E-state index in [1.807, 2.05) is 12.1 Å². The van der Waals surface area contributed by atoms with Gasteiger partial charge in [-0.05, 0) is 54.7 Å². The maximum absolute atomic E-state index is 5.74. The molecule has 2 nitrogen and oxygen atoms in total. The summed E-state index contributed by atoms with van der Waals surface area (Å²) in [7, 11) is 0. The van der Waals surface area contributed by atoms with Crippen LogP contribution in [0, 0.1) is 5.92 Å². The van der Waals surface area contributed by atoms with Gasteiger partial charge in [-0.3, -0.25) is 0 Å². The predicted octanol–water partition coefficient (Wildman–Crippen LogP) is 3.67. The van der Waals surface area contributed by atoms with Crippen molar-refractivity contribution in [2.75, 3.05) is 6.61 Å². The second kappa shape index (κ2) is 5.55. The smallest absolute Gasteiger partial charge is 0.119 e. The third-order valence-electron chi connectivity index (χ3n) is 2.98. The first-order valence-electron chi connectivity index (χ1n) is 5.92. The topological polar surface area (TPSA) is 21.3 Å². The Hall–Kier alpha value is -0.730. The summed E-state index contributed by atoms with van der Waals surface area (Å²) in [6, 6.07) is 8.38. The Balaban J connectivity index is 1.99. The van der Waals surface area contributed by atoms with Crippen LogP contribution in [0.2, 0.25) is 0 Å². The first kappa shape index (κ1) is 11.7. The van der Waals surface area contributed by atoms with Crippen molar-refractivity contribution < 1.29 is 4.74 Å². The fraction of sp³-hybridized carbons (Fsp3) is 0.538. The van der Waals surface area contributed by atoms with Crippen molar-refractivity contribution in [3.63, 3.8) is 0 Å². The molecule has 0 spiro atoms. The molecule has 88 valence electrons. The number of halogens is 1. The average Bonchev–Trinajstić information content (AvgIpc) is 3.13. The molecule has 0 amide bonds. The van der Waals surface area contributed by atoms with Crippen LogP contribution in [0.5, 0.6) is 5.75 Å². The minimum absolute atomic E-state index is 0.200. The van der Waals surface area contributed by atoms with Crippen molar-refractivity contribution in [2.24, 2.45) is 5.92 Å². The number of ether oxygens (including phenoxy) is 1. The zero-order valence-electron chi connectivity index (χ0n) is 9.58. The molecule has 0 unspecified atom stereocenters. The normalized spacial score (nSPS) is 17.1. The van der Waals surface area contributed by atoms with Crippen molar-refractivity contribution in [1.29, 1.82) is 0 Å². The lowest BCUT2D eigenvalue weighted by Crippen LogP contribution is -2.10. The maximum Gasteiger partial charge on any atom is 0.119 e. The lowest BCUT2D eigenvalue weighted by Gasteiger charge is -2.14. The van der Waals surface area contributed by atoms with Gasteiger partial charge in [-0.25, -0.2) is 4.84 Å². The molecule has 1 atom stereocenters. The van der Waals surface area contributed by atoms with Gasteiger partial charge < -0.3 is 4.74 Å². The van der Waals surface area contributed by atoms with E-state index in [9.17, 15) is 0 Å². The minimum Gasteiger partial charge on any atom is -0.493 e. The summed E-state index contributed by atoms with van der Waals surface area (Å²) in [6.07, 6.45) is 3.61. The fourth-order valence-corrected chi connectivity index (χ4v) is 1.98. The van der Waals surface area contributed by atoms with E-state index in [0.717, 1.165) is 24.7 Å². The van der Waals surface area contributed by atoms with Crippen molar-refractivity contribution in [3.05, 3.63) is 29.8 Å². The van der Waals surface area contributed by atoms with Crippen LogP contribution in [-0.4, -0.2) is 6.61 Å². The Bertz CT molecular complexity index is 334. The standard InChI is InChI=1S/C13H18ClNO/c1-2-13(15-14)11-4-3-5-12(8-11)16-9-10-6-7-10/h3-5,8,10,13,15H,2,6-7,9H2,1H3/t13-/m1/s1. The van der Waals surface area contributed by atoms with E-state index in [-0.39, 0.29) is 6.04 Å². The predicted molar refractivity (Wildman–Crippen MR) is 66.7 cm³/mol. The van der Waals surface area contributed by atoms with E-state index < -0.39 is 0 Å². The van der Waals surface area contributed by atoms with Crippen LogP contribution < -0.4 is 9.57 Å². The average molecular weight is 240 g/mol. The summed E-state index contributed by atoms with van der Waals surface area (Å²) in [6.45, 7) is 2.96. The molecule has 0 heterocycles. The third-order valence-corrected chi connectivity index (χ3v) is 3.25. The van der Waals surface area contributed by atoms with E-state index in [2.05, 4.69) is 23.9 Å². The van der Waals surface area contributed by atoms with E-state index in [1.165, 1.54) is 18.4 Å². The quantitative estimate of drug-likeness (QED) is 0.765. The van der Waals surface area contributed by atoms with Crippen molar-refractivity contribution >= 4 is 11.8 Å². The molecule has 2 rings (SSSR count). The first-order chi connectivity index (χ1) is 7.83. The van der Waals surface area contributed by atoms with Gasteiger partial charge in [0.05, 0.1) is 6.61 Å². The number of hydrogen-bond donors (Lipinski definition) is 1. The molecular formula is C13H18ClNO. The van der Waals surface area contributed by atoms with Gasteiger partial charge in [-0.1, -0.05) is 19.1 Å². The van der Waals surface area contributed by atoms with Crippen LogP contribution in [0.1, 0.15) is 37.8 Å². The van der Waals surface area contributed by atoms with Gasteiger partial charge in [0, 0.05) is 6.04 Å². The summed E-state index contributed by atoms with van der Waals surface area (Å²) < 4.78 is 5.74. The molecule has 0 radical (unpaired) electrons. The van der Waals surface area contributed by atoms with Gasteiger partial charge in [-0.2, -0.15) is 0 Å². The molecule has 0 bridgehead atoms. The van der Waals surface area contributed by atoms with Gasteiger partial charge in [0.25, 0.3) is 0 Å². The Morgan fingerprint density at radius 2 is 2.31 bits per heavy atom. The Morgan fingerprint density at radius 3 is 2.94 bits per heavy atom. The van der Waals surface area contributed by atoms with E-state index >= 15 is 0 Å². The van der Waals surface area contributed by atoms with Gasteiger partial charge in [0.15, 0.2) is 0 Å². The summed E-state index contributed by atoms with van der Waals surface area (Å²) in [4.78, 5) is 2.79. The number of hydrogen-bond acceptors (Lipinski definition) is 2. The van der Waals surface area contributed by atoms with E-state index in [0.29, 0.717) is 0 Å².